The van der Waals surface area contributed by atoms with Crippen molar-refractivity contribution in [2.24, 2.45) is 5.73 Å². The number of hydrogen-bond donors (Lipinski definition) is 2. The minimum absolute atomic E-state index is 0.177. The number of hydrogen-bond acceptors (Lipinski definition) is 7. The third kappa shape index (κ3) is 4.33. The first-order chi connectivity index (χ1) is 15.3. The van der Waals surface area contributed by atoms with Gasteiger partial charge in [-0.15, -0.1) is 10.2 Å². The van der Waals surface area contributed by atoms with Gasteiger partial charge in [0.25, 0.3) is 0 Å². The quantitative estimate of drug-likeness (QED) is 0.616. The minimum atomic E-state index is -4.41. The lowest BCUT2D eigenvalue weighted by Gasteiger charge is -2.29. The summed E-state index contributed by atoms with van der Waals surface area (Å²) in [7, 11) is 0. The van der Waals surface area contributed by atoms with Crippen molar-refractivity contribution in [3.63, 3.8) is 0 Å². The molecule has 0 saturated carbocycles. The smallest absolute Gasteiger partial charge is 0.378 e. The van der Waals surface area contributed by atoms with Crippen LogP contribution in [0, 0.1) is 6.92 Å². The summed E-state index contributed by atoms with van der Waals surface area (Å²) in [5.41, 5.74) is 7.99. The Morgan fingerprint density at radius 1 is 1.22 bits per heavy atom. The van der Waals surface area contributed by atoms with Gasteiger partial charge in [0.05, 0.1) is 42.2 Å². The average molecular weight is 446 g/mol. The SMILES string of the molecule is Cc1c([C@@H](C)Nc2nnc(CN)c3ncc(N4CCOCC4)cc23)cccc1C(F)(F)F. The summed E-state index contributed by atoms with van der Waals surface area (Å²) in [4.78, 5) is 6.75. The highest BCUT2D eigenvalue weighted by Gasteiger charge is 2.33. The molecular weight excluding hydrogens is 421 g/mol. The van der Waals surface area contributed by atoms with Crippen LogP contribution in [0.15, 0.2) is 30.5 Å². The van der Waals surface area contributed by atoms with Crippen LogP contribution in [0.5, 0.6) is 0 Å². The lowest BCUT2D eigenvalue weighted by Crippen LogP contribution is -2.36. The van der Waals surface area contributed by atoms with Crippen LogP contribution in [0.4, 0.5) is 24.7 Å². The largest absolute Gasteiger partial charge is 0.416 e. The third-order valence-electron chi connectivity index (χ3n) is 5.74. The normalized spacial score (nSPS) is 15.8. The van der Waals surface area contributed by atoms with Gasteiger partial charge in [-0.3, -0.25) is 4.98 Å². The molecule has 170 valence electrons. The van der Waals surface area contributed by atoms with Crippen LogP contribution in [0.1, 0.15) is 35.3 Å². The summed E-state index contributed by atoms with van der Waals surface area (Å²) in [6, 6.07) is 5.72. The fourth-order valence-corrected chi connectivity index (χ4v) is 4.03. The van der Waals surface area contributed by atoms with E-state index in [2.05, 4.69) is 25.4 Å². The van der Waals surface area contributed by atoms with Gasteiger partial charge in [-0.25, -0.2) is 0 Å². The van der Waals surface area contributed by atoms with Crippen molar-refractivity contribution < 1.29 is 17.9 Å². The molecule has 0 spiro atoms. The van der Waals surface area contributed by atoms with Crippen LogP contribution in [-0.4, -0.2) is 41.5 Å². The van der Waals surface area contributed by atoms with Crippen molar-refractivity contribution in [2.45, 2.75) is 32.6 Å². The molecule has 4 rings (SSSR count). The number of morpholine rings is 1. The molecule has 2 aromatic heterocycles. The molecule has 1 saturated heterocycles. The Hall–Kier alpha value is -2.98. The number of benzene rings is 1. The minimum Gasteiger partial charge on any atom is -0.378 e. The highest BCUT2D eigenvalue weighted by atomic mass is 19.4. The molecular formula is C22H25F3N6O. The number of ether oxygens (including phenoxy) is 1. The predicted octanol–water partition coefficient (Wildman–Crippen LogP) is 3.82. The molecule has 32 heavy (non-hydrogen) atoms. The molecule has 1 fully saturated rings. The maximum Gasteiger partial charge on any atom is 0.416 e. The van der Waals surface area contributed by atoms with Gasteiger partial charge in [-0.2, -0.15) is 13.2 Å². The monoisotopic (exact) mass is 446 g/mol. The number of alkyl halides is 3. The Morgan fingerprint density at radius 3 is 2.66 bits per heavy atom. The molecule has 7 nitrogen and oxygen atoms in total. The number of nitrogens with two attached hydrogens (primary N) is 1. The topological polar surface area (TPSA) is 89.2 Å². The average Bonchev–Trinajstić information content (AvgIpc) is 2.79. The summed E-state index contributed by atoms with van der Waals surface area (Å²) in [6.45, 7) is 6.23. The molecule has 3 aromatic rings. The van der Waals surface area contributed by atoms with Gasteiger partial charge in [-0.1, -0.05) is 12.1 Å². The van der Waals surface area contributed by atoms with Gasteiger partial charge in [0.1, 0.15) is 5.69 Å². The van der Waals surface area contributed by atoms with E-state index in [-0.39, 0.29) is 12.1 Å². The van der Waals surface area contributed by atoms with E-state index in [1.165, 1.54) is 13.0 Å². The van der Waals surface area contributed by atoms with Crippen molar-refractivity contribution in [3.05, 3.63) is 52.8 Å². The number of pyridine rings is 1. The molecule has 10 heteroatoms. The lowest BCUT2D eigenvalue weighted by atomic mass is 9.97. The van der Waals surface area contributed by atoms with Crippen LogP contribution in [0.2, 0.25) is 0 Å². The molecule has 0 unspecified atom stereocenters. The Labute approximate surface area is 183 Å². The van der Waals surface area contributed by atoms with Gasteiger partial charge in [0.2, 0.25) is 0 Å². The number of nitrogens with one attached hydrogen (secondary N) is 1. The van der Waals surface area contributed by atoms with E-state index in [1.54, 1.807) is 19.2 Å². The van der Waals surface area contributed by atoms with Crippen molar-refractivity contribution in [1.82, 2.24) is 15.2 Å². The number of fused-ring (bicyclic) bond motifs is 1. The second-order valence-electron chi connectivity index (χ2n) is 7.77. The van der Waals surface area contributed by atoms with Crippen molar-refractivity contribution in [3.8, 4) is 0 Å². The maximum atomic E-state index is 13.4. The van der Waals surface area contributed by atoms with Crippen LogP contribution < -0.4 is 16.0 Å². The maximum absolute atomic E-state index is 13.4. The highest BCUT2D eigenvalue weighted by Crippen LogP contribution is 2.36. The van der Waals surface area contributed by atoms with Gasteiger partial charge >= 0.3 is 6.18 Å². The van der Waals surface area contributed by atoms with E-state index >= 15 is 0 Å². The zero-order valence-corrected chi connectivity index (χ0v) is 17.9. The third-order valence-corrected chi connectivity index (χ3v) is 5.74. The van der Waals surface area contributed by atoms with E-state index in [1.807, 2.05) is 6.07 Å². The van der Waals surface area contributed by atoms with Crippen molar-refractivity contribution in [1.29, 1.82) is 0 Å². The molecule has 0 amide bonds. The molecule has 1 atom stereocenters. The zero-order valence-electron chi connectivity index (χ0n) is 17.9. The van der Waals surface area contributed by atoms with Crippen molar-refractivity contribution in [2.75, 3.05) is 36.5 Å². The molecule has 3 heterocycles. The molecule has 1 aliphatic rings. The molecule has 0 aliphatic carbocycles. The summed E-state index contributed by atoms with van der Waals surface area (Å²) >= 11 is 0. The Morgan fingerprint density at radius 2 is 1.97 bits per heavy atom. The van der Waals surface area contributed by atoms with E-state index in [0.717, 1.165) is 30.2 Å². The number of nitrogens with zero attached hydrogens (tertiary/aromatic N) is 4. The molecule has 3 N–H and O–H groups in total. The van der Waals surface area contributed by atoms with Crippen LogP contribution in [0.25, 0.3) is 10.9 Å². The predicted molar refractivity (Wildman–Crippen MR) is 116 cm³/mol. The Bertz CT molecular complexity index is 1110. The summed E-state index contributed by atoms with van der Waals surface area (Å²) in [5, 5.41) is 12.4. The lowest BCUT2D eigenvalue weighted by molar-refractivity contribution is -0.138. The molecule has 1 aromatic carbocycles. The van der Waals surface area contributed by atoms with E-state index < -0.39 is 17.8 Å². The number of rotatable bonds is 5. The second kappa shape index (κ2) is 8.87. The standard InChI is InChI=1S/C22H25F3N6O/c1-13-16(4-3-5-18(13)22(23,24)25)14(2)28-21-17-10-15(31-6-8-32-9-7-31)12-27-20(17)19(11-26)29-30-21/h3-5,10,12,14H,6-9,11,26H2,1-2H3,(H,28,30)/t14-/m1/s1. The van der Waals surface area contributed by atoms with E-state index in [4.69, 9.17) is 10.5 Å². The molecule has 0 bridgehead atoms. The Balaban J connectivity index is 1.72. The van der Waals surface area contributed by atoms with E-state index in [9.17, 15) is 13.2 Å². The zero-order chi connectivity index (χ0) is 22.9. The first-order valence-electron chi connectivity index (χ1n) is 10.4. The molecule has 0 radical (unpaired) electrons. The van der Waals surface area contributed by atoms with Crippen LogP contribution in [0.3, 0.4) is 0 Å². The van der Waals surface area contributed by atoms with Crippen LogP contribution >= 0.6 is 0 Å². The number of anilines is 2. The van der Waals surface area contributed by atoms with Gasteiger partial charge < -0.3 is 20.7 Å². The van der Waals surface area contributed by atoms with Crippen molar-refractivity contribution >= 4 is 22.4 Å². The van der Waals surface area contributed by atoms with Gasteiger partial charge in [0.15, 0.2) is 5.82 Å². The Kier molecular flexibility index (Phi) is 6.16. The summed E-state index contributed by atoms with van der Waals surface area (Å²) in [6.07, 6.45) is -2.63. The highest BCUT2D eigenvalue weighted by molar-refractivity contribution is 5.92. The van der Waals surface area contributed by atoms with Crippen LogP contribution in [-0.2, 0) is 17.5 Å². The summed E-state index contributed by atoms with van der Waals surface area (Å²) in [5.74, 6) is 0.448. The first-order valence-corrected chi connectivity index (χ1v) is 10.4. The first kappa shape index (κ1) is 22.2. The summed E-state index contributed by atoms with van der Waals surface area (Å²) < 4.78 is 45.5. The fraction of sp³-hybridized carbons (Fsp3) is 0.409. The van der Waals surface area contributed by atoms with Gasteiger partial charge in [-0.05, 0) is 37.1 Å². The second-order valence-corrected chi connectivity index (χ2v) is 7.77. The number of halogens is 3. The number of aromatic nitrogens is 3. The van der Waals surface area contributed by atoms with Gasteiger partial charge in [0, 0.05) is 25.0 Å². The van der Waals surface area contributed by atoms with E-state index in [0.29, 0.717) is 35.8 Å². The molecule has 1 aliphatic heterocycles. The fourth-order valence-electron chi connectivity index (χ4n) is 4.03.